The maximum Gasteiger partial charge on any atom is 0.236 e. The Morgan fingerprint density at radius 2 is 2.06 bits per heavy atom. The van der Waals surface area contributed by atoms with Crippen LogP contribution < -0.4 is 16.4 Å². The third kappa shape index (κ3) is 3.38. The zero-order valence-electron chi connectivity index (χ0n) is 9.74. The Kier molecular flexibility index (Phi) is 4.04. The van der Waals surface area contributed by atoms with Crippen LogP contribution in [0.3, 0.4) is 0 Å². The summed E-state index contributed by atoms with van der Waals surface area (Å²) in [5, 5.41) is 5.79. The van der Waals surface area contributed by atoms with Gasteiger partial charge in [0, 0.05) is 19.0 Å². The van der Waals surface area contributed by atoms with Crippen molar-refractivity contribution in [2.24, 2.45) is 5.73 Å². The monoisotopic (exact) mass is 223 g/mol. The fourth-order valence-electron chi connectivity index (χ4n) is 1.12. The Bertz CT molecular complexity index is 377. The van der Waals surface area contributed by atoms with Crippen LogP contribution in [0.2, 0.25) is 0 Å². The molecule has 0 aromatic carbocycles. The number of carbonyl (C=O) groups is 1. The number of primary amides is 1. The minimum absolute atomic E-state index is 0.0672. The molecule has 0 saturated carbocycles. The molecule has 0 aliphatic carbocycles. The van der Waals surface area contributed by atoms with Gasteiger partial charge in [-0.25, -0.2) is 9.97 Å². The molecule has 0 unspecified atom stereocenters. The summed E-state index contributed by atoms with van der Waals surface area (Å²) in [4.78, 5) is 19.2. The normalized spacial score (nSPS) is 10.2. The van der Waals surface area contributed by atoms with Crippen molar-refractivity contribution in [2.45, 2.75) is 19.8 Å². The average Bonchev–Trinajstić information content (AvgIpc) is 2.25. The van der Waals surface area contributed by atoms with E-state index in [1.54, 1.807) is 13.1 Å². The number of rotatable bonds is 5. The molecule has 6 nitrogen and oxygen atoms in total. The molecule has 0 fully saturated rings. The summed E-state index contributed by atoms with van der Waals surface area (Å²) in [6, 6.07) is 1.73. The Labute approximate surface area is 94.7 Å². The minimum Gasteiger partial charge on any atom is -0.373 e. The number of nitrogens with one attached hydrogen (secondary N) is 2. The van der Waals surface area contributed by atoms with E-state index in [0.717, 1.165) is 5.82 Å². The molecule has 4 N–H and O–H groups in total. The van der Waals surface area contributed by atoms with E-state index in [-0.39, 0.29) is 12.5 Å². The first-order chi connectivity index (χ1) is 7.52. The van der Waals surface area contributed by atoms with Crippen molar-refractivity contribution < 1.29 is 4.79 Å². The van der Waals surface area contributed by atoms with E-state index in [1.807, 2.05) is 13.8 Å². The lowest BCUT2D eigenvalue weighted by Gasteiger charge is -2.10. The molecule has 1 rings (SSSR count). The summed E-state index contributed by atoms with van der Waals surface area (Å²) >= 11 is 0. The number of anilines is 2. The minimum atomic E-state index is -0.421. The zero-order valence-corrected chi connectivity index (χ0v) is 9.74. The second-order valence-corrected chi connectivity index (χ2v) is 3.72. The van der Waals surface area contributed by atoms with Gasteiger partial charge < -0.3 is 16.4 Å². The Morgan fingerprint density at radius 3 is 2.56 bits per heavy atom. The molecule has 0 aliphatic rings. The van der Waals surface area contributed by atoms with Crippen molar-refractivity contribution in [2.75, 3.05) is 24.2 Å². The van der Waals surface area contributed by atoms with Crippen LogP contribution in [0.15, 0.2) is 6.07 Å². The van der Waals surface area contributed by atoms with E-state index in [0.29, 0.717) is 11.6 Å². The van der Waals surface area contributed by atoms with E-state index in [4.69, 9.17) is 5.73 Å². The highest BCUT2D eigenvalue weighted by Gasteiger charge is 2.07. The van der Waals surface area contributed by atoms with E-state index in [2.05, 4.69) is 20.6 Å². The van der Waals surface area contributed by atoms with Crippen LogP contribution in [0.1, 0.15) is 25.6 Å². The van der Waals surface area contributed by atoms with Gasteiger partial charge in [0.15, 0.2) is 0 Å². The Balaban J connectivity index is 2.90. The summed E-state index contributed by atoms with van der Waals surface area (Å²) < 4.78 is 0. The summed E-state index contributed by atoms with van der Waals surface area (Å²) in [6.45, 7) is 4.08. The quantitative estimate of drug-likeness (QED) is 0.677. The number of aromatic nitrogens is 2. The van der Waals surface area contributed by atoms with E-state index in [1.165, 1.54) is 0 Å². The highest BCUT2D eigenvalue weighted by atomic mass is 16.1. The predicted molar refractivity (Wildman–Crippen MR) is 63.4 cm³/mol. The lowest BCUT2D eigenvalue weighted by molar-refractivity contribution is -0.116. The predicted octanol–water partition coefficient (Wildman–Crippen LogP) is 0.539. The largest absolute Gasteiger partial charge is 0.373 e. The molecule has 16 heavy (non-hydrogen) atoms. The van der Waals surface area contributed by atoms with Crippen molar-refractivity contribution in [3.63, 3.8) is 0 Å². The molecular formula is C10H17N5O. The van der Waals surface area contributed by atoms with Crippen LogP contribution in [0.25, 0.3) is 0 Å². The molecule has 0 aliphatic heterocycles. The molecule has 0 atom stereocenters. The van der Waals surface area contributed by atoms with Crippen molar-refractivity contribution in [1.82, 2.24) is 9.97 Å². The lowest BCUT2D eigenvalue weighted by Crippen LogP contribution is -2.22. The first-order valence-electron chi connectivity index (χ1n) is 5.12. The van der Waals surface area contributed by atoms with Crippen LogP contribution in [0.5, 0.6) is 0 Å². The smallest absolute Gasteiger partial charge is 0.236 e. The molecule has 6 heteroatoms. The van der Waals surface area contributed by atoms with Crippen molar-refractivity contribution in [3.05, 3.63) is 11.9 Å². The molecule has 1 amide bonds. The number of nitrogens with zero attached hydrogens (tertiary/aromatic N) is 2. The molecule has 0 bridgehead atoms. The zero-order chi connectivity index (χ0) is 12.1. The maximum atomic E-state index is 10.6. The third-order valence-corrected chi connectivity index (χ3v) is 1.96. The SMILES string of the molecule is CNc1cc(NCC(N)=O)nc(C(C)C)n1. The fraction of sp³-hybridized carbons (Fsp3) is 0.500. The summed E-state index contributed by atoms with van der Waals surface area (Å²) in [7, 11) is 1.78. The summed E-state index contributed by atoms with van der Waals surface area (Å²) in [5.74, 6) is 1.84. The number of nitrogens with two attached hydrogens (primary N) is 1. The van der Waals surface area contributed by atoms with E-state index < -0.39 is 5.91 Å². The van der Waals surface area contributed by atoms with Crippen molar-refractivity contribution in [3.8, 4) is 0 Å². The first kappa shape index (κ1) is 12.2. The molecule has 88 valence electrons. The van der Waals surface area contributed by atoms with Gasteiger partial charge in [-0.3, -0.25) is 4.79 Å². The average molecular weight is 223 g/mol. The number of hydrogen-bond donors (Lipinski definition) is 3. The number of carbonyl (C=O) groups excluding carboxylic acids is 1. The molecule has 0 spiro atoms. The van der Waals surface area contributed by atoms with Gasteiger partial charge in [-0.1, -0.05) is 13.8 Å². The second kappa shape index (κ2) is 5.29. The molecule has 1 aromatic rings. The van der Waals surface area contributed by atoms with Crippen LogP contribution in [-0.4, -0.2) is 29.5 Å². The van der Waals surface area contributed by atoms with Crippen molar-refractivity contribution >= 4 is 17.5 Å². The third-order valence-electron chi connectivity index (χ3n) is 1.96. The molecule has 0 radical (unpaired) electrons. The Morgan fingerprint density at radius 1 is 1.44 bits per heavy atom. The van der Waals surface area contributed by atoms with Gasteiger partial charge >= 0.3 is 0 Å². The van der Waals surface area contributed by atoms with Crippen LogP contribution >= 0.6 is 0 Å². The maximum absolute atomic E-state index is 10.6. The van der Waals surface area contributed by atoms with Gasteiger partial charge in [0.05, 0.1) is 6.54 Å². The molecule has 0 saturated heterocycles. The second-order valence-electron chi connectivity index (χ2n) is 3.72. The fourth-order valence-corrected chi connectivity index (χ4v) is 1.12. The summed E-state index contributed by atoms with van der Waals surface area (Å²) in [6.07, 6.45) is 0. The van der Waals surface area contributed by atoms with Gasteiger partial charge in [-0.15, -0.1) is 0 Å². The van der Waals surface area contributed by atoms with Crippen molar-refractivity contribution in [1.29, 1.82) is 0 Å². The lowest BCUT2D eigenvalue weighted by atomic mass is 10.2. The molecular weight excluding hydrogens is 206 g/mol. The standard InChI is InChI=1S/C10H17N5O/c1-6(2)10-14-8(12-3)4-9(15-10)13-5-7(11)16/h4,6H,5H2,1-3H3,(H2,11,16)(H2,12,13,14,15). The number of hydrogen-bond acceptors (Lipinski definition) is 5. The topological polar surface area (TPSA) is 92.9 Å². The van der Waals surface area contributed by atoms with Gasteiger partial charge in [-0.2, -0.15) is 0 Å². The van der Waals surface area contributed by atoms with Crippen LogP contribution in [0.4, 0.5) is 11.6 Å². The van der Waals surface area contributed by atoms with Gasteiger partial charge in [-0.05, 0) is 0 Å². The highest BCUT2D eigenvalue weighted by Crippen LogP contribution is 2.16. The summed E-state index contributed by atoms with van der Waals surface area (Å²) in [5.41, 5.74) is 5.05. The van der Waals surface area contributed by atoms with E-state index in [9.17, 15) is 4.79 Å². The van der Waals surface area contributed by atoms with Gasteiger partial charge in [0.2, 0.25) is 5.91 Å². The van der Waals surface area contributed by atoms with Gasteiger partial charge in [0.1, 0.15) is 17.5 Å². The van der Waals surface area contributed by atoms with Crippen LogP contribution in [0, 0.1) is 0 Å². The van der Waals surface area contributed by atoms with Crippen LogP contribution in [-0.2, 0) is 4.79 Å². The van der Waals surface area contributed by atoms with E-state index >= 15 is 0 Å². The first-order valence-corrected chi connectivity index (χ1v) is 5.12. The number of amides is 1. The highest BCUT2D eigenvalue weighted by molar-refractivity contribution is 5.78. The Hall–Kier alpha value is -1.85. The molecule has 1 heterocycles. The molecule has 1 aromatic heterocycles. The van der Waals surface area contributed by atoms with Gasteiger partial charge in [0.25, 0.3) is 0 Å².